The molecule has 166 valence electrons. The van der Waals surface area contributed by atoms with Crippen molar-refractivity contribution in [3.05, 3.63) is 82.9 Å². The van der Waals surface area contributed by atoms with Crippen molar-refractivity contribution in [3.63, 3.8) is 0 Å². The van der Waals surface area contributed by atoms with Crippen molar-refractivity contribution in [1.29, 1.82) is 0 Å². The van der Waals surface area contributed by atoms with Gasteiger partial charge in [0.05, 0.1) is 23.6 Å². The van der Waals surface area contributed by atoms with Gasteiger partial charge in [-0.3, -0.25) is 14.5 Å². The molecule has 1 fully saturated rings. The zero-order chi connectivity index (χ0) is 22.9. The van der Waals surface area contributed by atoms with Crippen LogP contribution in [0.25, 0.3) is 10.9 Å². The molecule has 0 radical (unpaired) electrons. The molecule has 1 N–H and O–H groups in total. The Morgan fingerprint density at radius 2 is 1.82 bits per heavy atom. The smallest absolute Gasteiger partial charge is 0.543 e. The molecule has 0 spiro atoms. The number of aliphatic carboxylic acids is 1. The van der Waals surface area contributed by atoms with Gasteiger partial charge in [0.2, 0.25) is 5.91 Å². The maximum Gasteiger partial charge on any atom is 1.00 e. The summed E-state index contributed by atoms with van der Waals surface area (Å²) in [6, 6.07) is 19.9. The number of pyridine rings is 1. The predicted octanol–water partition coefficient (Wildman–Crippen LogP) is -1.06. The third-order valence-corrected chi connectivity index (χ3v) is 7.93. The van der Waals surface area contributed by atoms with Crippen molar-refractivity contribution in [2.45, 2.75) is 22.9 Å². The number of fused-ring (bicyclic) bond motifs is 2. The van der Waals surface area contributed by atoms with Crippen molar-refractivity contribution < 1.29 is 49.0 Å². The van der Waals surface area contributed by atoms with E-state index in [1.165, 1.54) is 28.4 Å². The van der Waals surface area contributed by atoms with Crippen LogP contribution in [0.4, 0.5) is 0 Å². The summed E-state index contributed by atoms with van der Waals surface area (Å²) in [5, 5.41) is 15.9. The summed E-state index contributed by atoms with van der Waals surface area (Å²) in [6.07, 6.45) is 0.153. The Morgan fingerprint density at radius 3 is 2.59 bits per heavy atom. The number of rotatable bonds is 6. The fourth-order valence-corrected chi connectivity index (χ4v) is 6.34. The van der Waals surface area contributed by atoms with E-state index in [4.69, 9.17) is 0 Å². The number of β-lactam (4-membered cyclic amide) rings is 1. The van der Waals surface area contributed by atoms with Gasteiger partial charge in [-0.15, -0.1) is 11.8 Å². The molecule has 3 heterocycles. The van der Waals surface area contributed by atoms with E-state index in [1.807, 2.05) is 66.7 Å². The number of nitrogens with zero attached hydrogens (tertiary/aromatic N) is 2. The van der Waals surface area contributed by atoms with Crippen molar-refractivity contribution in [2.75, 3.05) is 5.75 Å². The Bertz CT molecular complexity index is 1300. The van der Waals surface area contributed by atoms with E-state index in [-0.39, 0.29) is 47.6 Å². The standard InChI is InChI=1S/C24H19N3O4S2.Na/c28-18(12-14-6-2-1-3-7-14)26-20-22(29)27-21(24(30)31)17(13-32-23(20)27)33-19-11-10-15-8-4-5-9-16(15)25-19;/h1-11,20,23H,12-13H2,(H,26,28)(H,30,31);/q;+1/p-1/t20?,23-;/m1./s1. The van der Waals surface area contributed by atoms with Crippen LogP contribution in [-0.2, 0) is 20.8 Å². The molecule has 34 heavy (non-hydrogen) atoms. The van der Waals surface area contributed by atoms with Crippen molar-refractivity contribution in [1.82, 2.24) is 15.2 Å². The number of benzene rings is 2. The van der Waals surface area contributed by atoms with Crippen LogP contribution in [0.3, 0.4) is 0 Å². The molecule has 1 unspecified atom stereocenters. The summed E-state index contributed by atoms with van der Waals surface area (Å²) in [4.78, 5) is 43.5. The van der Waals surface area contributed by atoms with Crippen LogP contribution in [0.15, 0.2) is 82.4 Å². The third-order valence-electron chi connectivity index (χ3n) is 5.45. The molecule has 2 atom stereocenters. The average molecular weight is 500 g/mol. The number of carbonyl (C=O) groups excluding carboxylic acids is 3. The molecule has 10 heteroatoms. The van der Waals surface area contributed by atoms with Crippen molar-refractivity contribution >= 4 is 52.2 Å². The molecule has 2 aliphatic rings. The van der Waals surface area contributed by atoms with Gasteiger partial charge in [-0.25, -0.2) is 4.98 Å². The maximum absolute atomic E-state index is 12.8. The number of carbonyl (C=O) groups is 3. The first-order chi connectivity index (χ1) is 16.0. The van der Waals surface area contributed by atoms with E-state index < -0.39 is 23.3 Å². The van der Waals surface area contributed by atoms with Crippen LogP contribution >= 0.6 is 23.5 Å². The number of thioether (sulfide) groups is 2. The van der Waals surface area contributed by atoms with Gasteiger partial charge in [0.15, 0.2) is 0 Å². The topological polar surface area (TPSA) is 102 Å². The van der Waals surface area contributed by atoms with Crippen molar-refractivity contribution in [3.8, 4) is 0 Å². The fraction of sp³-hybridized carbons (Fsp3) is 0.167. The molecule has 2 aliphatic heterocycles. The molecule has 0 saturated carbocycles. The van der Waals surface area contributed by atoms with E-state index in [1.54, 1.807) is 0 Å². The summed E-state index contributed by atoms with van der Waals surface area (Å²) >= 11 is 2.64. The number of amides is 2. The van der Waals surface area contributed by atoms with Gasteiger partial charge in [0, 0.05) is 16.0 Å². The molecule has 7 nitrogen and oxygen atoms in total. The monoisotopic (exact) mass is 499 g/mol. The molecule has 0 aliphatic carbocycles. The molecule has 2 amide bonds. The minimum atomic E-state index is -1.41. The second-order valence-corrected chi connectivity index (χ2v) is 9.84. The number of carboxylic acids is 1. The van der Waals surface area contributed by atoms with Crippen LogP contribution in [-0.4, -0.2) is 44.8 Å². The molecule has 2 aromatic carbocycles. The molecule has 3 aromatic rings. The predicted molar refractivity (Wildman–Crippen MR) is 125 cm³/mol. The van der Waals surface area contributed by atoms with Gasteiger partial charge in [0.1, 0.15) is 16.4 Å². The van der Waals surface area contributed by atoms with Crippen LogP contribution in [0.1, 0.15) is 5.56 Å². The zero-order valence-corrected chi connectivity index (χ0v) is 21.9. The van der Waals surface area contributed by atoms with E-state index in [9.17, 15) is 19.5 Å². The molecular formula is C24H18N3NaO4S2. The largest absolute Gasteiger partial charge is 1.00 e. The molecule has 5 rings (SSSR count). The summed E-state index contributed by atoms with van der Waals surface area (Å²) in [5.41, 5.74) is 1.50. The molecule has 0 bridgehead atoms. The number of nitrogens with one attached hydrogen (secondary N) is 1. The normalized spacial score (nSPS) is 19.2. The van der Waals surface area contributed by atoms with E-state index in [2.05, 4.69) is 10.3 Å². The number of para-hydroxylation sites is 1. The average Bonchev–Trinajstić information content (AvgIpc) is 2.82. The number of carboxylic acid groups (broad SMARTS) is 1. The Balaban J connectivity index is 0.00000274. The summed E-state index contributed by atoms with van der Waals surface area (Å²) < 4.78 is 0. The molecular weight excluding hydrogens is 481 g/mol. The number of hydrogen-bond donors (Lipinski definition) is 1. The first-order valence-electron chi connectivity index (χ1n) is 10.3. The summed E-state index contributed by atoms with van der Waals surface area (Å²) in [5.74, 6) is -1.76. The third kappa shape index (κ3) is 4.89. The molecule has 1 aromatic heterocycles. The van der Waals surface area contributed by atoms with E-state index >= 15 is 0 Å². The van der Waals surface area contributed by atoms with Crippen molar-refractivity contribution in [2.24, 2.45) is 0 Å². The summed E-state index contributed by atoms with van der Waals surface area (Å²) in [7, 11) is 0. The van der Waals surface area contributed by atoms with Gasteiger partial charge in [0.25, 0.3) is 5.91 Å². The minimum absolute atomic E-state index is 0. The number of aromatic nitrogens is 1. The number of hydrogen-bond acceptors (Lipinski definition) is 7. The fourth-order valence-electron chi connectivity index (χ4n) is 3.90. The zero-order valence-electron chi connectivity index (χ0n) is 18.3. The second-order valence-electron chi connectivity index (χ2n) is 7.62. The second kappa shape index (κ2) is 10.5. The summed E-state index contributed by atoms with van der Waals surface area (Å²) in [6.45, 7) is 0. The first kappa shape index (κ1) is 24.8. The minimum Gasteiger partial charge on any atom is -0.543 e. The van der Waals surface area contributed by atoms with Gasteiger partial charge < -0.3 is 15.2 Å². The Kier molecular flexibility index (Phi) is 7.69. The Labute approximate surface area is 226 Å². The van der Waals surface area contributed by atoms with Gasteiger partial charge in [-0.1, -0.05) is 66.4 Å². The van der Waals surface area contributed by atoms with Gasteiger partial charge in [-0.2, -0.15) is 0 Å². The van der Waals surface area contributed by atoms with Crippen LogP contribution in [0.5, 0.6) is 0 Å². The van der Waals surface area contributed by atoms with E-state index in [0.717, 1.165) is 16.5 Å². The maximum atomic E-state index is 12.8. The quantitative estimate of drug-likeness (QED) is 0.341. The Morgan fingerprint density at radius 1 is 1.09 bits per heavy atom. The van der Waals surface area contributed by atoms with Crippen LogP contribution in [0.2, 0.25) is 0 Å². The van der Waals surface area contributed by atoms with E-state index in [0.29, 0.717) is 15.7 Å². The van der Waals surface area contributed by atoms with Gasteiger partial charge >= 0.3 is 29.6 Å². The molecule has 1 saturated heterocycles. The first-order valence-corrected chi connectivity index (χ1v) is 12.1. The SMILES string of the molecule is O=C(Cc1ccccc1)NC1C(=O)N2C(C(=O)[O-])=C(Sc3ccc4ccccc4n3)CS[C@H]12.[Na+]. The van der Waals surface area contributed by atoms with Gasteiger partial charge in [-0.05, 0) is 17.7 Å². The van der Waals surface area contributed by atoms with Crippen LogP contribution in [0, 0.1) is 0 Å². The van der Waals surface area contributed by atoms with Crippen LogP contribution < -0.4 is 40.0 Å². The Hall–Kier alpha value is -2.30.